The van der Waals surface area contributed by atoms with Crippen molar-refractivity contribution in [2.24, 2.45) is 0 Å². The normalized spacial score (nSPS) is 15.9. The number of phenols is 1. The second-order valence-corrected chi connectivity index (χ2v) is 10.1. The predicted octanol–water partition coefficient (Wildman–Crippen LogP) is 6.27. The first-order chi connectivity index (χ1) is 17.7. The second kappa shape index (κ2) is 10.00. The van der Waals surface area contributed by atoms with Gasteiger partial charge in [-0.3, -0.25) is 4.90 Å². The number of benzene rings is 3. The Hall–Kier alpha value is -3.28. The molecular formula is C31H34N2O3. The lowest BCUT2D eigenvalue weighted by molar-refractivity contribution is 0.134. The fraction of sp³-hybridized carbons (Fsp3) is 0.355. The van der Waals surface area contributed by atoms with Crippen LogP contribution in [0.5, 0.6) is 11.5 Å². The van der Waals surface area contributed by atoms with Crippen LogP contribution in [0.2, 0.25) is 0 Å². The first-order valence-electron chi connectivity index (χ1n) is 13.1. The highest BCUT2D eigenvalue weighted by Crippen LogP contribution is 2.37. The van der Waals surface area contributed by atoms with Gasteiger partial charge in [-0.1, -0.05) is 30.7 Å². The van der Waals surface area contributed by atoms with Gasteiger partial charge in [0.1, 0.15) is 18.1 Å². The minimum Gasteiger partial charge on any atom is -0.508 e. The fourth-order valence-corrected chi connectivity index (χ4v) is 5.72. The van der Waals surface area contributed by atoms with E-state index in [2.05, 4.69) is 58.9 Å². The zero-order valence-corrected chi connectivity index (χ0v) is 21.0. The highest BCUT2D eigenvalue weighted by molar-refractivity contribution is 5.92. The van der Waals surface area contributed by atoms with Crippen molar-refractivity contribution in [1.29, 1.82) is 0 Å². The predicted molar refractivity (Wildman–Crippen MR) is 144 cm³/mol. The summed E-state index contributed by atoms with van der Waals surface area (Å²) >= 11 is 0. The van der Waals surface area contributed by atoms with Crippen molar-refractivity contribution in [3.8, 4) is 22.8 Å². The van der Waals surface area contributed by atoms with Gasteiger partial charge in [0, 0.05) is 24.0 Å². The molecule has 0 saturated carbocycles. The minimum atomic E-state index is 0.294. The van der Waals surface area contributed by atoms with Crippen molar-refractivity contribution < 1.29 is 14.6 Å². The summed E-state index contributed by atoms with van der Waals surface area (Å²) in [5.41, 5.74) is 8.42. The molecule has 1 fully saturated rings. The van der Waals surface area contributed by atoms with Crippen LogP contribution in [0.1, 0.15) is 41.5 Å². The Morgan fingerprint density at radius 3 is 2.53 bits per heavy atom. The smallest absolute Gasteiger partial charge is 0.119 e. The van der Waals surface area contributed by atoms with Gasteiger partial charge in [0.05, 0.1) is 18.9 Å². The monoisotopic (exact) mass is 482 g/mol. The lowest BCUT2D eigenvalue weighted by Crippen LogP contribution is -2.33. The van der Waals surface area contributed by atoms with Crippen LogP contribution in [0.25, 0.3) is 22.2 Å². The third-order valence-electron chi connectivity index (χ3n) is 7.68. The van der Waals surface area contributed by atoms with Crippen molar-refractivity contribution in [3.63, 3.8) is 0 Å². The number of hydrogen-bond donors (Lipinski definition) is 1. The molecule has 0 radical (unpaired) electrons. The maximum absolute atomic E-state index is 10.2. The number of rotatable bonds is 7. The van der Waals surface area contributed by atoms with Gasteiger partial charge in [-0.25, -0.2) is 0 Å². The SMILES string of the molecule is Cc1c(-c2ccc3c(c2)COC3)n(Cc2ccc(OCCN3CCCCC3)cc2)c2ccc(O)cc12. The van der Waals surface area contributed by atoms with Gasteiger partial charge >= 0.3 is 0 Å². The minimum absolute atomic E-state index is 0.294. The Balaban J connectivity index is 1.26. The lowest BCUT2D eigenvalue weighted by atomic mass is 10.0. The summed E-state index contributed by atoms with van der Waals surface area (Å²) in [4.78, 5) is 2.50. The Kier molecular flexibility index (Phi) is 6.43. The molecule has 0 amide bonds. The second-order valence-electron chi connectivity index (χ2n) is 10.1. The number of aryl methyl sites for hydroxylation is 1. The van der Waals surface area contributed by atoms with E-state index >= 15 is 0 Å². The molecule has 4 aromatic rings. The molecule has 2 aliphatic heterocycles. The van der Waals surface area contributed by atoms with E-state index in [-0.39, 0.29) is 0 Å². The molecule has 0 aliphatic carbocycles. The number of nitrogens with zero attached hydrogens (tertiary/aromatic N) is 2. The first kappa shape index (κ1) is 23.1. The van der Waals surface area contributed by atoms with Crippen LogP contribution in [0.15, 0.2) is 60.7 Å². The Labute approximate surface area is 212 Å². The molecule has 0 atom stereocenters. The topological polar surface area (TPSA) is 46.9 Å². The van der Waals surface area contributed by atoms with Crippen molar-refractivity contribution in [3.05, 3.63) is 82.9 Å². The van der Waals surface area contributed by atoms with Gasteiger partial charge in [0.15, 0.2) is 0 Å². The van der Waals surface area contributed by atoms with Crippen LogP contribution in [-0.2, 0) is 24.5 Å². The lowest BCUT2D eigenvalue weighted by Gasteiger charge is -2.26. The molecule has 3 heterocycles. The van der Waals surface area contributed by atoms with Crippen molar-refractivity contribution in [1.82, 2.24) is 9.47 Å². The number of aromatic hydroxyl groups is 1. The summed E-state index contributed by atoms with van der Waals surface area (Å²) in [6, 6.07) is 20.8. The van der Waals surface area contributed by atoms with Crippen LogP contribution >= 0.6 is 0 Å². The standard InChI is InChI=1S/C31H34N2O3/c1-22-29-18-27(34)9-12-30(29)33(31(22)24-7-8-25-20-35-21-26(25)17-24)19-23-5-10-28(11-6-23)36-16-15-32-13-3-2-4-14-32/h5-12,17-18,34H,2-4,13-16,19-21H2,1H3. The van der Waals surface area contributed by atoms with E-state index in [1.165, 1.54) is 65.9 Å². The van der Waals surface area contributed by atoms with Crippen molar-refractivity contribution in [2.75, 3.05) is 26.2 Å². The Morgan fingerprint density at radius 1 is 0.889 bits per heavy atom. The highest BCUT2D eigenvalue weighted by atomic mass is 16.5. The van der Waals surface area contributed by atoms with Crippen LogP contribution in [0.3, 0.4) is 0 Å². The maximum atomic E-state index is 10.2. The number of aromatic nitrogens is 1. The number of ether oxygens (including phenoxy) is 2. The maximum Gasteiger partial charge on any atom is 0.119 e. The largest absolute Gasteiger partial charge is 0.508 e. The molecule has 3 aromatic carbocycles. The van der Waals surface area contributed by atoms with E-state index in [0.29, 0.717) is 19.0 Å². The number of phenolic OH excluding ortho intramolecular Hbond substituents is 1. The van der Waals surface area contributed by atoms with Crippen molar-refractivity contribution in [2.45, 2.75) is 45.9 Å². The van der Waals surface area contributed by atoms with E-state index in [9.17, 15) is 5.11 Å². The van der Waals surface area contributed by atoms with Gasteiger partial charge in [-0.05, 0) is 97.1 Å². The van der Waals surface area contributed by atoms with E-state index in [0.717, 1.165) is 36.3 Å². The van der Waals surface area contributed by atoms with Crippen LogP contribution in [-0.4, -0.2) is 40.8 Å². The van der Waals surface area contributed by atoms with Crippen LogP contribution < -0.4 is 4.74 Å². The molecular weight excluding hydrogens is 448 g/mol. The first-order valence-corrected chi connectivity index (χ1v) is 13.1. The van der Waals surface area contributed by atoms with E-state index in [1.54, 1.807) is 6.07 Å². The molecule has 2 aliphatic rings. The van der Waals surface area contributed by atoms with E-state index < -0.39 is 0 Å². The average molecular weight is 483 g/mol. The summed E-state index contributed by atoms with van der Waals surface area (Å²) in [7, 11) is 0. The zero-order chi connectivity index (χ0) is 24.5. The van der Waals surface area contributed by atoms with Gasteiger partial charge < -0.3 is 19.1 Å². The number of fused-ring (bicyclic) bond motifs is 2. The molecule has 0 spiro atoms. The van der Waals surface area contributed by atoms with Gasteiger partial charge in [-0.2, -0.15) is 0 Å². The number of hydrogen-bond acceptors (Lipinski definition) is 4. The Morgan fingerprint density at radius 2 is 1.69 bits per heavy atom. The molecule has 0 unspecified atom stereocenters. The Bertz CT molecular complexity index is 1370. The average Bonchev–Trinajstić information content (AvgIpc) is 3.47. The quantitative estimate of drug-likeness (QED) is 0.337. The third-order valence-corrected chi connectivity index (χ3v) is 7.68. The summed E-state index contributed by atoms with van der Waals surface area (Å²) < 4.78 is 14.1. The number of likely N-dealkylation sites (tertiary alicyclic amines) is 1. The zero-order valence-electron chi connectivity index (χ0n) is 21.0. The van der Waals surface area contributed by atoms with Crippen molar-refractivity contribution >= 4 is 10.9 Å². The molecule has 6 rings (SSSR count). The molecule has 36 heavy (non-hydrogen) atoms. The van der Waals surface area contributed by atoms with Gasteiger partial charge in [0.25, 0.3) is 0 Å². The molecule has 5 nitrogen and oxygen atoms in total. The summed E-state index contributed by atoms with van der Waals surface area (Å²) in [5, 5.41) is 11.3. The fourth-order valence-electron chi connectivity index (χ4n) is 5.72. The highest BCUT2D eigenvalue weighted by Gasteiger charge is 2.19. The number of piperidine rings is 1. The molecule has 1 saturated heterocycles. The van der Waals surface area contributed by atoms with E-state index in [4.69, 9.17) is 9.47 Å². The van der Waals surface area contributed by atoms with Crippen LogP contribution in [0, 0.1) is 6.92 Å². The summed E-state index contributed by atoms with van der Waals surface area (Å²) in [5.74, 6) is 1.22. The molecule has 186 valence electrons. The molecule has 0 bridgehead atoms. The summed E-state index contributed by atoms with van der Waals surface area (Å²) in [6.07, 6.45) is 3.98. The molecule has 1 aromatic heterocycles. The molecule has 5 heteroatoms. The third kappa shape index (κ3) is 4.61. The summed E-state index contributed by atoms with van der Waals surface area (Å²) in [6.45, 7) is 8.38. The van der Waals surface area contributed by atoms with Gasteiger partial charge in [-0.15, -0.1) is 0 Å². The molecule has 1 N–H and O–H groups in total. The van der Waals surface area contributed by atoms with Gasteiger partial charge in [0.2, 0.25) is 0 Å². The van der Waals surface area contributed by atoms with Crippen LogP contribution in [0.4, 0.5) is 0 Å². The van der Waals surface area contributed by atoms with E-state index in [1.807, 2.05) is 12.1 Å².